The largest absolute Gasteiger partial charge is 0.383 e. The molecule has 0 fully saturated rings. The van der Waals surface area contributed by atoms with Crippen LogP contribution in [0.25, 0.3) is 0 Å². The third-order valence-corrected chi connectivity index (χ3v) is 5.59. The van der Waals surface area contributed by atoms with Gasteiger partial charge in [0.1, 0.15) is 0 Å². The van der Waals surface area contributed by atoms with E-state index in [-0.39, 0.29) is 7.92 Å². The third kappa shape index (κ3) is 11.8. The van der Waals surface area contributed by atoms with Crippen LogP contribution in [0.2, 0.25) is 0 Å². The van der Waals surface area contributed by atoms with Gasteiger partial charge in [-0.15, -0.1) is 0 Å². The summed E-state index contributed by atoms with van der Waals surface area (Å²) in [6.07, 6.45) is 8.33. The van der Waals surface area contributed by atoms with Crippen LogP contribution in [-0.2, 0) is 0 Å². The molecule has 1 N–H and O–H groups in total. The van der Waals surface area contributed by atoms with Gasteiger partial charge in [0.2, 0.25) is 0 Å². The van der Waals surface area contributed by atoms with Crippen LogP contribution in [0.4, 0.5) is 0 Å². The van der Waals surface area contributed by atoms with Gasteiger partial charge >= 0.3 is 0 Å². The summed E-state index contributed by atoms with van der Waals surface area (Å²) in [5.74, 6) is 2.45. The molecule has 0 spiro atoms. The van der Waals surface area contributed by atoms with E-state index in [1.165, 1.54) is 24.3 Å². The molecule has 0 aromatic rings. The van der Waals surface area contributed by atoms with Gasteiger partial charge in [0.15, 0.2) is 0 Å². The fourth-order valence-electron chi connectivity index (χ4n) is 2.47. The maximum atomic E-state index is 4.27. The summed E-state index contributed by atoms with van der Waals surface area (Å²) in [4.78, 5) is 0. The molecule has 2 heteroatoms. The molecule has 2 atom stereocenters. The first kappa shape index (κ1) is 20.5. The minimum Gasteiger partial charge on any atom is -0.383 e. The highest BCUT2D eigenvalue weighted by Gasteiger charge is 2.15. The van der Waals surface area contributed by atoms with Crippen LogP contribution in [0.3, 0.4) is 0 Å². The van der Waals surface area contributed by atoms with Gasteiger partial charge in [-0.05, 0) is 37.5 Å². The fourth-order valence-corrected chi connectivity index (χ4v) is 4.17. The van der Waals surface area contributed by atoms with Gasteiger partial charge in [0.25, 0.3) is 0 Å². The monoisotopic (exact) mass is 309 g/mol. The van der Waals surface area contributed by atoms with Gasteiger partial charge in [-0.3, -0.25) is 0 Å². The molecule has 0 heterocycles. The lowest BCUT2D eigenvalue weighted by Crippen LogP contribution is -2.26. The van der Waals surface area contributed by atoms with Crippen LogP contribution in [0.15, 0.2) is 36.3 Å². The zero-order chi connectivity index (χ0) is 16.5. The average molecular weight is 309 g/mol. The second kappa shape index (κ2) is 10.2. The van der Waals surface area contributed by atoms with E-state index in [1.54, 1.807) is 0 Å². The molecule has 0 radical (unpaired) electrons. The molecule has 0 aliphatic heterocycles. The van der Waals surface area contributed by atoms with E-state index in [1.807, 2.05) is 6.92 Å². The second-order valence-corrected chi connectivity index (χ2v) is 9.75. The smallest absolute Gasteiger partial charge is 0.0481 e. The van der Waals surface area contributed by atoms with Gasteiger partial charge in [-0.2, -0.15) is 0 Å². The summed E-state index contributed by atoms with van der Waals surface area (Å²) in [5.41, 5.74) is 2.67. The van der Waals surface area contributed by atoms with Crippen molar-refractivity contribution in [3.8, 4) is 0 Å². The molecule has 0 saturated heterocycles. The van der Waals surface area contributed by atoms with Crippen LogP contribution < -0.4 is 5.32 Å². The van der Waals surface area contributed by atoms with E-state index in [2.05, 4.69) is 65.0 Å². The van der Waals surface area contributed by atoms with E-state index in [0.29, 0.717) is 11.5 Å². The Labute approximate surface area is 134 Å². The Morgan fingerprint density at radius 3 is 2.29 bits per heavy atom. The highest BCUT2D eigenvalue weighted by Crippen LogP contribution is 2.37. The molecular weight excluding hydrogens is 273 g/mol. The van der Waals surface area contributed by atoms with E-state index >= 15 is 0 Å². The summed E-state index contributed by atoms with van der Waals surface area (Å²) < 4.78 is 0. The maximum Gasteiger partial charge on any atom is 0.0481 e. The van der Waals surface area contributed by atoms with Crippen molar-refractivity contribution in [1.82, 2.24) is 5.32 Å². The first-order chi connectivity index (χ1) is 9.67. The standard InChI is InChI=1S/C19H36NP/c1-9-12-21(10-2)13-11-18(20-16(3)4)14-17(5)15-19(6,7)8/h11,13,18,20H,3,5,9-10,12,14-15H2,1-2,4,6-8H3/b13-11+. The third-order valence-electron chi connectivity index (χ3n) is 3.17. The number of allylic oxidation sites excluding steroid dienone is 1. The first-order valence-electron chi connectivity index (χ1n) is 8.19. The topological polar surface area (TPSA) is 12.0 Å². The molecule has 0 aliphatic carbocycles. The zero-order valence-corrected chi connectivity index (χ0v) is 16.0. The van der Waals surface area contributed by atoms with Crippen molar-refractivity contribution in [2.24, 2.45) is 5.41 Å². The first-order valence-corrected chi connectivity index (χ1v) is 9.97. The van der Waals surface area contributed by atoms with Crippen LogP contribution in [-0.4, -0.2) is 18.4 Å². The molecule has 1 nitrogen and oxygen atoms in total. The maximum absolute atomic E-state index is 4.27. The Balaban J connectivity index is 4.68. The van der Waals surface area contributed by atoms with Gasteiger partial charge in [-0.25, -0.2) is 0 Å². The molecule has 0 aromatic carbocycles. The molecule has 2 unspecified atom stereocenters. The Morgan fingerprint density at radius 1 is 1.24 bits per heavy atom. The number of rotatable bonds is 10. The van der Waals surface area contributed by atoms with Crippen molar-refractivity contribution >= 4 is 7.92 Å². The van der Waals surface area contributed by atoms with Gasteiger partial charge in [0.05, 0.1) is 0 Å². The lowest BCUT2D eigenvalue weighted by molar-refractivity contribution is 0.401. The predicted molar refractivity (Wildman–Crippen MR) is 101 cm³/mol. The average Bonchev–Trinajstić information content (AvgIpc) is 2.30. The Bertz CT molecular complexity index is 349. The Hall–Kier alpha value is -0.550. The summed E-state index contributed by atoms with van der Waals surface area (Å²) in [6.45, 7) is 21.7. The van der Waals surface area contributed by atoms with Crippen LogP contribution in [0.5, 0.6) is 0 Å². The van der Waals surface area contributed by atoms with Gasteiger partial charge in [-0.1, -0.05) is 79.6 Å². The summed E-state index contributed by atoms with van der Waals surface area (Å²) in [6, 6.07) is 0.339. The van der Waals surface area contributed by atoms with Crippen molar-refractivity contribution in [1.29, 1.82) is 0 Å². The van der Waals surface area contributed by atoms with Crippen molar-refractivity contribution < 1.29 is 0 Å². The van der Waals surface area contributed by atoms with E-state index < -0.39 is 0 Å². The summed E-state index contributed by atoms with van der Waals surface area (Å²) in [7, 11) is 0.0522. The molecule has 0 aliphatic rings. The van der Waals surface area contributed by atoms with Gasteiger partial charge < -0.3 is 5.32 Å². The molecule has 0 saturated carbocycles. The minimum atomic E-state index is 0.0522. The molecule has 21 heavy (non-hydrogen) atoms. The molecule has 0 bridgehead atoms. The Morgan fingerprint density at radius 2 is 1.86 bits per heavy atom. The van der Waals surface area contributed by atoms with Crippen LogP contribution >= 0.6 is 7.92 Å². The molecular formula is C19H36NP. The Kier molecular flexibility index (Phi) is 9.95. The molecule has 122 valence electrons. The lowest BCUT2D eigenvalue weighted by Gasteiger charge is -2.23. The number of nitrogens with one attached hydrogen (secondary N) is 1. The quantitative estimate of drug-likeness (QED) is 0.369. The van der Waals surface area contributed by atoms with Crippen LogP contribution in [0, 0.1) is 5.41 Å². The molecule has 0 rings (SSSR count). The number of hydrogen-bond donors (Lipinski definition) is 1. The van der Waals surface area contributed by atoms with Crippen molar-refractivity contribution in [2.75, 3.05) is 12.3 Å². The molecule has 0 aromatic heterocycles. The van der Waals surface area contributed by atoms with Gasteiger partial charge in [0, 0.05) is 11.7 Å². The van der Waals surface area contributed by atoms with Crippen LogP contribution in [0.1, 0.15) is 60.8 Å². The van der Waals surface area contributed by atoms with E-state index in [0.717, 1.165) is 18.5 Å². The number of hydrogen-bond acceptors (Lipinski definition) is 1. The van der Waals surface area contributed by atoms with Crippen molar-refractivity contribution in [3.05, 3.63) is 36.3 Å². The normalized spacial score (nSPS) is 15.0. The van der Waals surface area contributed by atoms with E-state index in [9.17, 15) is 0 Å². The highest BCUT2D eigenvalue weighted by molar-refractivity contribution is 7.60. The second-order valence-electron chi connectivity index (χ2n) is 7.19. The SMILES string of the molecule is C=C(CC(/C=C/P(CC)CCC)NC(=C)C)CC(C)(C)C. The molecule has 0 amide bonds. The minimum absolute atomic E-state index is 0.0522. The van der Waals surface area contributed by atoms with Crippen molar-refractivity contribution in [3.63, 3.8) is 0 Å². The van der Waals surface area contributed by atoms with Crippen molar-refractivity contribution in [2.45, 2.75) is 66.8 Å². The summed E-state index contributed by atoms with van der Waals surface area (Å²) in [5, 5.41) is 3.49. The van der Waals surface area contributed by atoms with E-state index in [4.69, 9.17) is 0 Å². The fraction of sp³-hybridized carbons (Fsp3) is 0.684. The summed E-state index contributed by atoms with van der Waals surface area (Å²) >= 11 is 0. The highest BCUT2D eigenvalue weighted by atomic mass is 31.1. The lowest BCUT2D eigenvalue weighted by atomic mass is 9.86. The predicted octanol–water partition coefficient (Wildman–Crippen LogP) is 6.29. The zero-order valence-electron chi connectivity index (χ0n) is 15.1.